The van der Waals surface area contributed by atoms with Crippen molar-refractivity contribution in [1.29, 1.82) is 0 Å². The third kappa shape index (κ3) is 5.94. The molecule has 0 unspecified atom stereocenters. The number of nitrogens with two attached hydrogens (primary N) is 2. The molecule has 1 aliphatic rings. The highest BCUT2D eigenvalue weighted by Crippen LogP contribution is 2.23. The summed E-state index contributed by atoms with van der Waals surface area (Å²) in [5, 5.41) is 36.4. The average molecular weight is 587 g/mol. The van der Waals surface area contributed by atoms with E-state index < -0.39 is 80.7 Å². The topological polar surface area (TPSA) is 310 Å². The monoisotopic (exact) mass is 586 g/mol. The van der Waals surface area contributed by atoms with E-state index in [0.29, 0.717) is 18.3 Å². The molecule has 0 aromatic carbocycles. The van der Waals surface area contributed by atoms with Gasteiger partial charge in [-0.3, -0.25) is 28.5 Å². The molecular formula is C18H18N8O11S2. The Balaban J connectivity index is 1.75. The van der Waals surface area contributed by atoms with Gasteiger partial charge in [-0.15, -0.1) is 11.3 Å². The maximum absolute atomic E-state index is 12.5. The molecular weight excluding hydrogens is 568 g/mol. The van der Waals surface area contributed by atoms with Gasteiger partial charge in [0, 0.05) is 24.1 Å². The van der Waals surface area contributed by atoms with Crippen molar-refractivity contribution in [3.05, 3.63) is 51.0 Å². The lowest BCUT2D eigenvalue weighted by molar-refractivity contribution is -0.145. The number of aromatic hydroxyl groups is 1. The fourth-order valence-corrected chi connectivity index (χ4v) is 4.69. The number of hydrogen-bond donors (Lipinski definition) is 8. The van der Waals surface area contributed by atoms with Crippen molar-refractivity contribution >= 4 is 56.0 Å². The standard InChI is InChI=1S/C18H18N8O11S2/c19-6(1-10(27)8-2-11(28)12(29)4-25(8)34)15(30)21-3-9-14(17(32)26(9)39(35,36)37)23-16(31)13(24-33)7-5-38-18(20)22-7/h1-2,4-5,9,14,29,33-34H,3,19H2,(H2,20,22)(H,21,30)(H,23,31)(H,35,36,37)/b6-1?,24-13-/t9-,14+/m1/s1. The van der Waals surface area contributed by atoms with Gasteiger partial charge in [0.25, 0.3) is 17.7 Å². The Morgan fingerprint density at radius 3 is 2.49 bits per heavy atom. The zero-order chi connectivity index (χ0) is 29.2. The van der Waals surface area contributed by atoms with Crippen LogP contribution >= 0.6 is 11.3 Å². The summed E-state index contributed by atoms with van der Waals surface area (Å²) in [7, 11) is -5.15. The van der Waals surface area contributed by atoms with E-state index in [1.54, 1.807) is 0 Å². The smallest absolute Gasteiger partial charge is 0.362 e. The highest BCUT2D eigenvalue weighted by Gasteiger charge is 2.54. The van der Waals surface area contributed by atoms with Gasteiger partial charge in [-0.05, 0) is 0 Å². The van der Waals surface area contributed by atoms with Gasteiger partial charge in [0.1, 0.15) is 23.1 Å². The summed E-state index contributed by atoms with van der Waals surface area (Å²) in [5.41, 5.74) is 7.70. The molecule has 0 radical (unpaired) electrons. The van der Waals surface area contributed by atoms with Crippen LogP contribution in [0, 0.1) is 0 Å². The minimum atomic E-state index is -5.15. The third-order valence-corrected chi connectivity index (χ3v) is 6.69. The van der Waals surface area contributed by atoms with E-state index in [-0.39, 0.29) is 19.9 Å². The maximum atomic E-state index is 12.5. The predicted molar refractivity (Wildman–Crippen MR) is 128 cm³/mol. The highest BCUT2D eigenvalue weighted by molar-refractivity contribution is 7.84. The quantitative estimate of drug-likeness (QED) is 0.0205. The summed E-state index contributed by atoms with van der Waals surface area (Å²) in [6, 6.07) is -2.68. The molecule has 39 heavy (non-hydrogen) atoms. The number of aromatic nitrogens is 2. The Labute approximate surface area is 220 Å². The van der Waals surface area contributed by atoms with Crippen molar-refractivity contribution in [2.24, 2.45) is 10.9 Å². The molecule has 3 amide bonds. The molecule has 0 aliphatic carbocycles. The van der Waals surface area contributed by atoms with Gasteiger partial charge in [0.15, 0.2) is 16.6 Å². The Bertz CT molecular complexity index is 1590. The lowest BCUT2D eigenvalue weighted by atomic mass is 9.98. The summed E-state index contributed by atoms with van der Waals surface area (Å²) < 4.78 is 32.7. The van der Waals surface area contributed by atoms with Crippen LogP contribution in [-0.4, -0.2) is 90.4 Å². The predicted octanol–water partition coefficient (Wildman–Crippen LogP) is -3.65. The van der Waals surface area contributed by atoms with Gasteiger partial charge in [0.05, 0.1) is 12.2 Å². The number of nitrogens with zero attached hydrogens (tertiary/aromatic N) is 4. The largest absolute Gasteiger partial charge is 0.503 e. The maximum Gasteiger partial charge on any atom is 0.362 e. The van der Waals surface area contributed by atoms with Gasteiger partial charge in [-0.25, -0.2) is 9.29 Å². The van der Waals surface area contributed by atoms with Crippen molar-refractivity contribution in [3.8, 4) is 5.75 Å². The second-order valence-corrected chi connectivity index (χ2v) is 9.76. The lowest BCUT2D eigenvalue weighted by Gasteiger charge is -2.44. The minimum absolute atomic E-state index is 0.0219. The van der Waals surface area contributed by atoms with Crippen LogP contribution < -0.4 is 27.5 Å². The minimum Gasteiger partial charge on any atom is -0.503 e. The van der Waals surface area contributed by atoms with Crippen LogP contribution in [0.25, 0.3) is 0 Å². The number of oxime groups is 1. The van der Waals surface area contributed by atoms with Crippen molar-refractivity contribution in [1.82, 2.24) is 24.7 Å². The molecule has 208 valence electrons. The zero-order valence-electron chi connectivity index (χ0n) is 19.1. The van der Waals surface area contributed by atoms with Gasteiger partial charge < -0.3 is 37.6 Å². The lowest BCUT2D eigenvalue weighted by Crippen LogP contribution is -2.74. The van der Waals surface area contributed by atoms with Gasteiger partial charge in [-0.1, -0.05) is 5.16 Å². The summed E-state index contributed by atoms with van der Waals surface area (Å²) >= 11 is 0.904. The molecule has 0 spiro atoms. The molecule has 19 nitrogen and oxygen atoms in total. The number of nitrogen functional groups attached to an aromatic ring is 1. The molecule has 0 saturated carbocycles. The van der Waals surface area contributed by atoms with Crippen LogP contribution in [0.1, 0.15) is 16.2 Å². The molecule has 1 saturated heterocycles. The highest BCUT2D eigenvalue weighted by atomic mass is 32.2. The number of allylic oxidation sites excluding steroid dienone is 1. The van der Waals surface area contributed by atoms with Gasteiger partial charge in [0.2, 0.25) is 11.2 Å². The van der Waals surface area contributed by atoms with Crippen LogP contribution in [-0.2, 0) is 24.7 Å². The first-order valence-electron chi connectivity index (χ1n) is 10.1. The van der Waals surface area contributed by atoms with E-state index in [0.717, 1.165) is 11.3 Å². The van der Waals surface area contributed by atoms with Crippen molar-refractivity contribution in [3.63, 3.8) is 0 Å². The van der Waals surface area contributed by atoms with Crippen molar-refractivity contribution in [2.45, 2.75) is 12.1 Å². The van der Waals surface area contributed by atoms with Crippen LogP contribution in [0.4, 0.5) is 5.13 Å². The molecule has 2 aromatic rings. The Hall–Kier alpha value is -5.02. The molecule has 0 bridgehead atoms. The SMILES string of the molecule is NC(=CC(=O)c1cc(=O)c(O)cn1O)C(=O)NC[C@@H]1[C@H](NC(=O)/C(=N\O)c2csc(N)n2)C(=O)N1S(=O)(=O)O. The second-order valence-electron chi connectivity index (χ2n) is 7.58. The number of rotatable bonds is 9. The normalized spacial score (nSPS) is 17.9. The molecule has 1 aliphatic heterocycles. The summed E-state index contributed by atoms with van der Waals surface area (Å²) in [5.74, 6) is -5.67. The number of anilines is 1. The van der Waals surface area contributed by atoms with E-state index in [9.17, 15) is 52.5 Å². The van der Waals surface area contributed by atoms with Crippen molar-refractivity contribution in [2.75, 3.05) is 12.3 Å². The first kappa shape index (κ1) is 28.5. The Morgan fingerprint density at radius 2 is 1.92 bits per heavy atom. The van der Waals surface area contributed by atoms with Crippen LogP contribution in [0.3, 0.4) is 0 Å². The number of hydrogen-bond acceptors (Lipinski definition) is 15. The number of thiazole rings is 1. The summed E-state index contributed by atoms with van der Waals surface area (Å²) in [6.45, 7) is -0.739. The summed E-state index contributed by atoms with van der Waals surface area (Å²) in [4.78, 5) is 64.8. The van der Waals surface area contributed by atoms with E-state index in [1.807, 2.05) is 0 Å². The Kier molecular flexibility index (Phi) is 7.88. The molecule has 21 heteroatoms. The molecule has 3 heterocycles. The molecule has 10 N–H and O–H groups in total. The van der Waals surface area contributed by atoms with E-state index in [4.69, 9.17) is 11.5 Å². The third-order valence-electron chi connectivity index (χ3n) is 5.07. The van der Waals surface area contributed by atoms with E-state index in [2.05, 4.69) is 20.8 Å². The van der Waals surface area contributed by atoms with Crippen molar-refractivity contribution < 1.29 is 47.7 Å². The number of amides is 3. The zero-order valence-corrected chi connectivity index (χ0v) is 20.7. The Morgan fingerprint density at radius 1 is 1.26 bits per heavy atom. The van der Waals surface area contributed by atoms with Gasteiger partial charge in [-0.2, -0.15) is 13.1 Å². The van der Waals surface area contributed by atoms with Crippen LogP contribution in [0.2, 0.25) is 0 Å². The van der Waals surface area contributed by atoms with E-state index in [1.165, 1.54) is 5.38 Å². The summed E-state index contributed by atoms with van der Waals surface area (Å²) in [6.07, 6.45) is 1.03. The number of nitrogens with one attached hydrogen (secondary N) is 2. The van der Waals surface area contributed by atoms with Gasteiger partial charge >= 0.3 is 10.3 Å². The molecule has 3 rings (SSSR count). The fraction of sp³-hybridized carbons (Fsp3) is 0.167. The molecule has 1 fully saturated rings. The second kappa shape index (κ2) is 10.8. The fourth-order valence-electron chi connectivity index (χ4n) is 3.26. The number of pyridine rings is 1. The first-order valence-corrected chi connectivity index (χ1v) is 12.4. The van der Waals surface area contributed by atoms with E-state index >= 15 is 0 Å². The number of carbonyl (C=O) groups excluding carboxylic acids is 4. The number of β-lactam (4-membered cyclic amide) rings is 1. The first-order chi connectivity index (χ1) is 18.1. The van der Waals surface area contributed by atoms with Crippen LogP contribution in [0.15, 0.2) is 39.4 Å². The number of carbonyl (C=O) groups is 4. The molecule has 2 aromatic heterocycles. The van der Waals surface area contributed by atoms with Crippen LogP contribution in [0.5, 0.6) is 5.75 Å². The number of ketones is 1. The average Bonchev–Trinajstić information content (AvgIpc) is 3.27. The molecule has 2 atom stereocenters.